The van der Waals surface area contributed by atoms with Crippen LogP contribution in [-0.4, -0.2) is 12.3 Å². The van der Waals surface area contributed by atoms with Crippen LogP contribution < -0.4 is 4.72 Å². The fraction of sp³-hybridized carbons (Fsp3) is 0.133. The summed E-state index contributed by atoms with van der Waals surface area (Å²) in [5.41, 5.74) is 1.90. The van der Waals surface area contributed by atoms with E-state index < -0.39 is 0 Å². The van der Waals surface area contributed by atoms with Gasteiger partial charge in [0.05, 0.1) is 5.92 Å². The van der Waals surface area contributed by atoms with Crippen LogP contribution in [0.3, 0.4) is 0 Å². The molecule has 2 nitrogen and oxygen atoms in total. The van der Waals surface area contributed by atoms with Crippen molar-refractivity contribution in [2.24, 2.45) is 0 Å². The van der Waals surface area contributed by atoms with Gasteiger partial charge < -0.3 is 0 Å². The first-order valence-electron chi connectivity index (χ1n) is 5.94. The van der Waals surface area contributed by atoms with Crippen LogP contribution in [0, 0.1) is 0 Å². The van der Waals surface area contributed by atoms with E-state index in [1.54, 1.807) is 11.9 Å². The molecule has 0 amide bonds. The third-order valence-corrected chi connectivity index (χ3v) is 4.03. The number of ketones is 1. The lowest BCUT2D eigenvalue weighted by Crippen LogP contribution is -2.20. The van der Waals surface area contributed by atoms with Crippen molar-refractivity contribution < 1.29 is 4.79 Å². The van der Waals surface area contributed by atoms with E-state index in [0.717, 1.165) is 16.0 Å². The van der Waals surface area contributed by atoms with E-state index in [1.165, 1.54) is 0 Å². The standard InChI is InChI=1S/C15H13NOS/c17-15-12-8-4-5-9-14(12)18-16-10-13(15)11-6-2-1-3-7-11/h1-9,13,16H,10H2. The van der Waals surface area contributed by atoms with Crippen molar-refractivity contribution in [2.75, 3.05) is 6.54 Å². The first-order chi connectivity index (χ1) is 8.86. The molecule has 1 atom stereocenters. The Morgan fingerprint density at radius 2 is 1.72 bits per heavy atom. The van der Waals surface area contributed by atoms with Crippen molar-refractivity contribution in [1.82, 2.24) is 4.72 Å². The van der Waals surface area contributed by atoms with Crippen LogP contribution >= 0.6 is 11.9 Å². The van der Waals surface area contributed by atoms with E-state index in [-0.39, 0.29) is 11.7 Å². The minimum absolute atomic E-state index is 0.0950. The Hall–Kier alpha value is -1.58. The highest BCUT2D eigenvalue weighted by molar-refractivity contribution is 7.97. The van der Waals surface area contributed by atoms with Crippen LogP contribution in [0.1, 0.15) is 21.8 Å². The molecule has 0 fully saturated rings. The molecule has 1 aliphatic heterocycles. The number of fused-ring (bicyclic) bond motifs is 1. The molecule has 1 aliphatic rings. The largest absolute Gasteiger partial charge is 0.293 e. The van der Waals surface area contributed by atoms with Gasteiger partial charge in [-0.2, -0.15) is 0 Å². The van der Waals surface area contributed by atoms with Gasteiger partial charge in [0.15, 0.2) is 5.78 Å². The predicted octanol–water partition coefficient (Wildman–Crippen LogP) is 3.26. The lowest BCUT2D eigenvalue weighted by atomic mass is 9.91. The minimum Gasteiger partial charge on any atom is -0.293 e. The number of carbonyl (C=O) groups is 1. The number of rotatable bonds is 1. The van der Waals surface area contributed by atoms with Gasteiger partial charge in [0.2, 0.25) is 0 Å². The van der Waals surface area contributed by atoms with Crippen LogP contribution in [-0.2, 0) is 0 Å². The fourth-order valence-corrected chi connectivity index (χ4v) is 3.03. The number of hydrogen-bond acceptors (Lipinski definition) is 3. The van der Waals surface area contributed by atoms with E-state index >= 15 is 0 Å². The molecule has 1 unspecified atom stereocenters. The normalized spacial score (nSPS) is 19.1. The van der Waals surface area contributed by atoms with Gasteiger partial charge in [0.25, 0.3) is 0 Å². The van der Waals surface area contributed by atoms with Crippen molar-refractivity contribution in [2.45, 2.75) is 10.8 Å². The lowest BCUT2D eigenvalue weighted by Gasteiger charge is -2.13. The van der Waals surface area contributed by atoms with E-state index in [2.05, 4.69) is 4.72 Å². The third kappa shape index (κ3) is 2.07. The number of hydrogen-bond donors (Lipinski definition) is 1. The first kappa shape index (κ1) is 11.5. The summed E-state index contributed by atoms with van der Waals surface area (Å²) in [6, 6.07) is 17.7. The summed E-state index contributed by atoms with van der Waals surface area (Å²) in [5, 5.41) is 0. The molecule has 0 spiro atoms. The highest BCUT2D eigenvalue weighted by Gasteiger charge is 2.26. The molecule has 0 bridgehead atoms. The minimum atomic E-state index is -0.0950. The Balaban J connectivity index is 2.02. The molecule has 0 saturated heterocycles. The third-order valence-electron chi connectivity index (χ3n) is 3.14. The first-order valence-corrected chi connectivity index (χ1v) is 6.76. The summed E-state index contributed by atoms with van der Waals surface area (Å²) in [4.78, 5) is 13.6. The zero-order valence-electron chi connectivity index (χ0n) is 9.80. The van der Waals surface area contributed by atoms with Crippen molar-refractivity contribution in [1.29, 1.82) is 0 Å². The zero-order chi connectivity index (χ0) is 12.4. The second-order valence-electron chi connectivity index (χ2n) is 4.27. The summed E-state index contributed by atoms with van der Waals surface area (Å²) >= 11 is 1.54. The number of Topliss-reactive ketones (excluding diaryl/α,β-unsaturated/α-hetero) is 1. The molecule has 90 valence electrons. The molecule has 18 heavy (non-hydrogen) atoms. The van der Waals surface area contributed by atoms with Gasteiger partial charge in [-0.15, -0.1) is 0 Å². The second kappa shape index (κ2) is 4.96. The van der Waals surface area contributed by atoms with E-state index in [1.807, 2.05) is 54.6 Å². The van der Waals surface area contributed by atoms with Crippen molar-refractivity contribution in [3.63, 3.8) is 0 Å². The van der Waals surface area contributed by atoms with Gasteiger partial charge in [-0.1, -0.05) is 48.5 Å². The lowest BCUT2D eigenvalue weighted by molar-refractivity contribution is 0.0959. The number of nitrogens with one attached hydrogen (secondary N) is 1. The highest BCUT2D eigenvalue weighted by Crippen LogP contribution is 2.30. The second-order valence-corrected chi connectivity index (χ2v) is 5.21. The van der Waals surface area contributed by atoms with Gasteiger partial charge in [0, 0.05) is 17.0 Å². The maximum atomic E-state index is 12.6. The van der Waals surface area contributed by atoms with E-state index in [9.17, 15) is 4.79 Å². The van der Waals surface area contributed by atoms with Crippen LogP contribution in [0.4, 0.5) is 0 Å². The molecule has 3 heteroatoms. The smallest absolute Gasteiger partial charge is 0.172 e. The quantitative estimate of drug-likeness (QED) is 0.793. The van der Waals surface area contributed by atoms with E-state index in [4.69, 9.17) is 0 Å². The SMILES string of the molecule is O=C1c2ccccc2SNCC1c1ccccc1. The zero-order valence-corrected chi connectivity index (χ0v) is 10.6. The Morgan fingerprint density at radius 3 is 2.56 bits per heavy atom. The maximum Gasteiger partial charge on any atom is 0.172 e. The molecule has 0 radical (unpaired) electrons. The van der Waals surface area contributed by atoms with Gasteiger partial charge in [-0.25, -0.2) is 0 Å². The summed E-state index contributed by atoms with van der Waals surface area (Å²) in [7, 11) is 0. The predicted molar refractivity (Wildman–Crippen MR) is 73.8 cm³/mol. The molecule has 1 N–H and O–H groups in total. The molecule has 0 aromatic heterocycles. The van der Waals surface area contributed by atoms with Crippen LogP contribution in [0.2, 0.25) is 0 Å². The molecular formula is C15H13NOS. The maximum absolute atomic E-state index is 12.6. The molecule has 0 aliphatic carbocycles. The Labute approximate surface area is 111 Å². The highest BCUT2D eigenvalue weighted by atomic mass is 32.2. The van der Waals surface area contributed by atoms with Crippen LogP contribution in [0.25, 0.3) is 0 Å². The Kier molecular flexibility index (Phi) is 3.17. The average Bonchev–Trinajstić information content (AvgIpc) is 2.60. The molecular weight excluding hydrogens is 242 g/mol. The number of benzene rings is 2. The average molecular weight is 255 g/mol. The van der Waals surface area contributed by atoms with Gasteiger partial charge in [0.1, 0.15) is 0 Å². The summed E-state index contributed by atoms with van der Waals surface area (Å²) in [6.45, 7) is 0.669. The van der Waals surface area contributed by atoms with Crippen molar-refractivity contribution in [3.05, 3.63) is 65.7 Å². The molecule has 0 saturated carbocycles. The van der Waals surface area contributed by atoms with Crippen LogP contribution in [0.15, 0.2) is 59.5 Å². The monoisotopic (exact) mass is 255 g/mol. The van der Waals surface area contributed by atoms with Crippen molar-refractivity contribution >= 4 is 17.7 Å². The summed E-state index contributed by atoms with van der Waals surface area (Å²) in [6.07, 6.45) is 0. The Morgan fingerprint density at radius 1 is 1.00 bits per heavy atom. The van der Waals surface area contributed by atoms with Crippen LogP contribution in [0.5, 0.6) is 0 Å². The molecule has 2 aromatic carbocycles. The molecule has 1 heterocycles. The molecule has 3 rings (SSSR count). The van der Waals surface area contributed by atoms with Gasteiger partial charge in [-0.3, -0.25) is 9.52 Å². The van der Waals surface area contributed by atoms with E-state index in [0.29, 0.717) is 6.54 Å². The van der Waals surface area contributed by atoms with Gasteiger partial charge >= 0.3 is 0 Å². The topological polar surface area (TPSA) is 29.1 Å². The fourth-order valence-electron chi connectivity index (χ4n) is 2.20. The van der Waals surface area contributed by atoms with Gasteiger partial charge in [-0.05, 0) is 23.6 Å². The Bertz CT molecular complexity index is 568. The molecule has 2 aromatic rings. The summed E-state index contributed by atoms with van der Waals surface area (Å²) < 4.78 is 3.28. The number of carbonyl (C=O) groups excluding carboxylic acids is 1. The van der Waals surface area contributed by atoms with Crippen molar-refractivity contribution in [3.8, 4) is 0 Å². The summed E-state index contributed by atoms with van der Waals surface area (Å²) in [5.74, 6) is 0.108.